The summed E-state index contributed by atoms with van der Waals surface area (Å²) >= 11 is 0. The van der Waals surface area contributed by atoms with Crippen LogP contribution in [0.1, 0.15) is 19.4 Å². The maximum Gasteiger partial charge on any atom is 0.0429 e. The van der Waals surface area contributed by atoms with Crippen molar-refractivity contribution in [2.45, 2.75) is 20.3 Å². The van der Waals surface area contributed by atoms with Crippen molar-refractivity contribution in [3.8, 4) is 0 Å². The minimum Gasteiger partial charge on any atom is -0.372 e. The van der Waals surface area contributed by atoms with Gasteiger partial charge in [0.2, 0.25) is 0 Å². The number of hydrogen-bond acceptors (Lipinski definition) is 3. The predicted octanol–water partition coefficient (Wildman–Crippen LogP) is 1.43. The molecular weight excluding hydrogens is 174 g/mol. The average molecular weight is 193 g/mol. The van der Waals surface area contributed by atoms with E-state index in [2.05, 4.69) is 29.8 Å². The van der Waals surface area contributed by atoms with Gasteiger partial charge in [-0.1, -0.05) is 0 Å². The molecule has 2 N–H and O–H groups in total. The zero-order valence-corrected chi connectivity index (χ0v) is 9.03. The van der Waals surface area contributed by atoms with Gasteiger partial charge in [-0.05, 0) is 38.4 Å². The first-order chi connectivity index (χ1) is 6.83. The largest absolute Gasteiger partial charge is 0.372 e. The van der Waals surface area contributed by atoms with Crippen molar-refractivity contribution in [2.24, 2.45) is 5.73 Å². The summed E-state index contributed by atoms with van der Waals surface area (Å²) in [6.45, 7) is 7.06. The lowest BCUT2D eigenvalue weighted by molar-refractivity contribution is 0.845. The number of pyridine rings is 1. The van der Waals surface area contributed by atoms with Gasteiger partial charge in [-0.2, -0.15) is 0 Å². The van der Waals surface area contributed by atoms with Crippen LogP contribution in [-0.2, 0) is 6.42 Å². The average Bonchev–Trinajstić information content (AvgIpc) is 2.23. The molecule has 1 aromatic rings. The topological polar surface area (TPSA) is 42.2 Å². The third-order valence-electron chi connectivity index (χ3n) is 2.40. The van der Waals surface area contributed by atoms with Crippen LogP contribution in [-0.4, -0.2) is 24.6 Å². The van der Waals surface area contributed by atoms with Crippen LogP contribution in [0.2, 0.25) is 0 Å². The van der Waals surface area contributed by atoms with Gasteiger partial charge in [0.25, 0.3) is 0 Å². The molecule has 0 radical (unpaired) electrons. The van der Waals surface area contributed by atoms with Crippen LogP contribution in [0.4, 0.5) is 5.69 Å². The predicted molar refractivity (Wildman–Crippen MR) is 60.6 cm³/mol. The smallest absolute Gasteiger partial charge is 0.0429 e. The Labute approximate surface area is 85.9 Å². The molecule has 0 aliphatic heterocycles. The fourth-order valence-electron chi connectivity index (χ4n) is 1.64. The second-order valence-corrected chi connectivity index (χ2v) is 3.22. The molecule has 0 aliphatic carbocycles. The van der Waals surface area contributed by atoms with Gasteiger partial charge in [0.1, 0.15) is 0 Å². The van der Waals surface area contributed by atoms with E-state index in [1.54, 1.807) is 0 Å². The third kappa shape index (κ3) is 2.45. The molecule has 0 bridgehead atoms. The second-order valence-electron chi connectivity index (χ2n) is 3.22. The van der Waals surface area contributed by atoms with E-state index in [4.69, 9.17) is 5.73 Å². The molecule has 3 heteroatoms. The summed E-state index contributed by atoms with van der Waals surface area (Å²) in [4.78, 5) is 6.46. The van der Waals surface area contributed by atoms with Crippen molar-refractivity contribution in [2.75, 3.05) is 24.5 Å². The number of rotatable bonds is 5. The molecule has 0 spiro atoms. The molecule has 0 saturated heterocycles. The molecule has 78 valence electrons. The Hall–Kier alpha value is -1.09. The molecule has 0 saturated carbocycles. The highest BCUT2D eigenvalue weighted by Crippen LogP contribution is 2.18. The Morgan fingerprint density at radius 2 is 2.07 bits per heavy atom. The Balaban J connectivity index is 2.92. The summed E-state index contributed by atoms with van der Waals surface area (Å²) in [6, 6.07) is 2.07. The highest BCUT2D eigenvalue weighted by molar-refractivity contribution is 5.52. The van der Waals surface area contributed by atoms with Crippen molar-refractivity contribution in [1.29, 1.82) is 0 Å². The van der Waals surface area contributed by atoms with Crippen molar-refractivity contribution in [3.63, 3.8) is 0 Å². The first-order valence-electron chi connectivity index (χ1n) is 5.21. The van der Waals surface area contributed by atoms with Crippen molar-refractivity contribution >= 4 is 5.69 Å². The fourth-order valence-corrected chi connectivity index (χ4v) is 1.64. The lowest BCUT2D eigenvalue weighted by Gasteiger charge is -2.23. The van der Waals surface area contributed by atoms with Gasteiger partial charge in [-0.25, -0.2) is 0 Å². The van der Waals surface area contributed by atoms with E-state index in [9.17, 15) is 0 Å². The number of anilines is 1. The molecule has 0 fully saturated rings. The van der Waals surface area contributed by atoms with Crippen LogP contribution in [0.5, 0.6) is 0 Å². The van der Waals surface area contributed by atoms with E-state index in [1.807, 2.05) is 12.4 Å². The summed E-state index contributed by atoms with van der Waals surface area (Å²) in [5.41, 5.74) is 8.09. The van der Waals surface area contributed by atoms with Crippen LogP contribution in [0.15, 0.2) is 18.5 Å². The first-order valence-corrected chi connectivity index (χ1v) is 5.21. The highest BCUT2D eigenvalue weighted by atomic mass is 15.1. The second kappa shape index (κ2) is 5.60. The summed E-state index contributed by atoms with van der Waals surface area (Å²) < 4.78 is 0. The quantitative estimate of drug-likeness (QED) is 0.769. The van der Waals surface area contributed by atoms with E-state index < -0.39 is 0 Å². The Bertz CT molecular complexity index is 269. The van der Waals surface area contributed by atoms with E-state index in [0.29, 0.717) is 6.54 Å². The van der Waals surface area contributed by atoms with Crippen LogP contribution >= 0.6 is 0 Å². The molecule has 1 heterocycles. The Morgan fingerprint density at radius 1 is 1.36 bits per heavy atom. The zero-order valence-electron chi connectivity index (χ0n) is 9.03. The third-order valence-corrected chi connectivity index (χ3v) is 2.40. The van der Waals surface area contributed by atoms with Gasteiger partial charge in [0.05, 0.1) is 0 Å². The van der Waals surface area contributed by atoms with Crippen LogP contribution in [0, 0.1) is 0 Å². The molecular formula is C11H19N3. The van der Waals surface area contributed by atoms with Gasteiger partial charge in [0.15, 0.2) is 0 Å². The molecule has 0 aromatic carbocycles. The molecule has 14 heavy (non-hydrogen) atoms. The normalized spacial score (nSPS) is 10.2. The van der Waals surface area contributed by atoms with Crippen LogP contribution in [0.3, 0.4) is 0 Å². The molecule has 0 amide bonds. The van der Waals surface area contributed by atoms with E-state index in [0.717, 1.165) is 19.5 Å². The van der Waals surface area contributed by atoms with E-state index in [-0.39, 0.29) is 0 Å². The number of hydrogen-bond donors (Lipinski definition) is 1. The minimum absolute atomic E-state index is 0.681. The number of nitrogens with two attached hydrogens (primary N) is 1. The van der Waals surface area contributed by atoms with Crippen molar-refractivity contribution in [3.05, 3.63) is 24.0 Å². The van der Waals surface area contributed by atoms with Crippen molar-refractivity contribution < 1.29 is 0 Å². The molecule has 0 atom stereocenters. The monoisotopic (exact) mass is 193 g/mol. The van der Waals surface area contributed by atoms with Gasteiger partial charge >= 0.3 is 0 Å². The molecule has 0 unspecified atom stereocenters. The fraction of sp³-hybridized carbons (Fsp3) is 0.545. The molecule has 0 aliphatic rings. The summed E-state index contributed by atoms with van der Waals surface area (Å²) in [5.74, 6) is 0. The van der Waals surface area contributed by atoms with Crippen LogP contribution in [0.25, 0.3) is 0 Å². The zero-order chi connectivity index (χ0) is 10.4. The maximum atomic E-state index is 5.57. The number of nitrogens with zero attached hydrogens (tertiary/aromatic N) is 2. The van der Waals surface area contributed by atoms with E-state index in [1.165, 1.54) is 11.3 Å². The van der Waals surface area contributed by atoms with Gasteiger partial charge < -0.3 is 10.6 Å². The lowest BCUT2D eigenvalue weighted by atomic mass is 10.1. The standard InChI is InChI=1S/C11H19N3/c1-3-14(4-2)11-6-8-13-9-10(11)5-7-12/h6,8-9H,3-5,7,12H2,1-2H3. The van der Waals surface area contributed by atoms with Crippen molar-refractivity contribution in [1.82, 2.24) is 4.98 Å². The molecule has 1 rings (SSSR count). The Morgan fingerprint density at radius 3 is 2.64 bits per heavy atom. The molecule has 1 aromatic heterocycles. The van der Waals surface area contributed by atoms with Gasteiger partial charge in [0, 0.05) is 31.2 Å². The Kier molecular flexibility index (Phi) is 4.40. The van der Waals surface area contributed by atoms with Gasteiger partial charge in [-0.3, -0.25) is 4.98 Å². The highest BCUT2D eigenvalue weighted by Gasteiger charge is 2.06. The maximum absolute atomic E-state index is 5.57. The van der Waals surface area contributed by atoms with Gasteiger partial charge in [-0.15, -0.1) is 0 Å². The summed E-state index contributed by atoms with van der Waals surface area (Å²) in [6.07, 6.45) is 4.66. The summed E-state index contributed by atoms with van der Waals surface area (Å²) in [5, 5.41) is 0. The lowest BCUT2D eigenvalue weighted by Crippen LogP contribution is -2.23. The molecule has 3 nitrogen and oxygen atoms in total. The number of aromatic nitrogens is 1. The first kappa shape index (κ1) is 11.0. The minimum atomic E-state index is 0.681. The van der Waals surface area contributed by atoms with Crippen LogP contribution < -0.4 is 10.6 Å². The SMILES string of the molecule is CCN(CC)c1ccncc1CCN. The summed E-state index contributed by atoms with van der Waals surface area (Å²) in [7, 11) is 0. The van der Waals surface area contributed by atoms with E-state index >= 15 is 0 Å².